The minimum atomic E-state index is -0.687. The van der Waals surface area contributed by atoms with Crippen LogP contribution >= 0.6 is 0 Å². The smallest absolute Gasteiger partial charge is 0.410 e. The van der Waals surface area contributed by atoms with Crippen LogP contribution in [0.4, 0.5) is 13.6 Å². The predicted molar refractivity (Wildman–Crippen MR) is 112 cm³/mol. The molecule has 1 amide bonds. The van der Waals surface area contributed by atoms with Crippen molar-refractivity contribution in [2.75, 3.05) is 26.2 Å². The highest BCUT2D eigenvalue weighted by Gasteiger charge is 2.47. The summed E-state index contributed by atoms with van der Waals surface area (Å²) in [6, 6.07) is 3.91. The van der Waals surface area contributed by atoms with Gasteiger partial charge in [0.1, 0.15) is 17.2 Å². The molecule has 0 radical (unpaired) electrons. The van der Waals surface area contributed by atoms with Crippen molar-refractivity contribution in [3.8, 4) is 6.07 Å². The number of carbonyl (C=O) groups is 2. The number of nitriles is 1. The van der Waals surface area contributed by atoms with Crippen LogP contribution in [0, 0.1) is 28.9 Å². The van der Waals surface area contributed by atoms with E-state index in [1.165, 1.54) is 32.1 Å². The molecule has 0 unspecified atom stereocenters. The Morgan fingerprint density at radius 3 is 2.34 bits per heavy atom. The third-order valence-corrected chi connectivity index (χ3v) is 6.66. The summed E-state index contributed by atoms with van der Waals surface area (Å²) in [5.41, 5.74) is -0.496. The molecule has 1 N–H and O–H groups in total. The zero-order chi connectivity index (χ0) is 23.1. The molecule has 1 saturated carbocycles. The van der Waals surface area contributed by atoms with Gasteiger partial charge in [0.25, 0.3) is 6.47 Å². The average Bonchev–Trinajstić information content (AvgIpc) is 3.07. The van der Waals surface area contributed by atoms with Crippen LogP contribution in [0.5, 0.6) is 0 Å². The van der Waals surface area contributed by atoms with E-state index in [0.717, 1.165) is 18.7 Å². The minimum absolute atomic E-state index is 0.0118. The van der Waals surface area contributed by atoms with Crippen LogP contribution in [0.25, 0.3) is 0 Å². The molecule has 2 heterocycles. The summed E-state index contributed by atoms with van der Waals surface area (Å²) in [5.74, 6) is -0.797. The third-order valence-electron chi connectivity index (χ3n) is 6.66. The maximum atomic E-state index is 14.2. The molecule has 32 heavy (non-hydrogen) atoms. The Morgan fingerprint density at radius 1 is 1.19 bits per heavy atom. The van der Waals surface area contributed by atoms with Gasteiger partial charge in [-0.1, -0.05) is 19.3 Å². The summed E-state index contributed by atoms with van der Waals surface area (Å²) >= 11 is 0. The van der Waals surface area contributed by atoms with E-state index in [9.17, 15) is 13.6 Å². The standard InChI is InChI=1S/C22H27F2N3O2.CH2O2/c23-19-10-17(12-25)11-20(24)18(19)14-26-8-6-22(7-9-26)15-27(21(28)29-22)13-16-4-2-1-3-5-16;2-1-3/h10-11,16H,1-9,13-15H2;1H,(H,2,3). The zero-order valence-corrected chi connectivity index (χ0v) is 18.1. The highest BCUT2D eigenvalue weighted by atomic mass is 19.1. The average molecular weight is 449 g/mol. The summed E-state index contributed by atoms with van der Waals surface area (Å²) in [5, 5.41) is 15.7. The van der Waals surface area contributed by atoms with Gasteiger partial charge < -0.3 is 14.7 Å². The lowest BCUT2D eigenvalue weighted by Crippen LogP contribution is -2.47. The van der Waals surface area contributed by atoms with E-state index in [2.05, 4.69) is 0 Å². The number of carbonyl (C=O) groups excluding carboxylic acids is 1. The Morgan fingerprint density at radius 2 is 1.78 bits per heavy atom. The van der Waals surface area contributed by atoms with Gasteiger partial charge in [-0.3, -0.25) is 9.69 Å². The number of nitrogens with zero attached hydrogens (tertiary/aromatic N) is 3. The lowest BCUT2D eigenvalue weighted by atomic mass is 9.88. The molecule has 1 spiro atoms. The second-order valence-corrected chi connectivity index (χ2v) is 8.85. The van der Waals surface area contributed by atoms with E-state index in [1.54, 1.807) is 6.07 Å². The van der Waals surface area contributed by atoms with Crippen molar-refractivity contribution in [3.63, 3.8) is 0 Å². The number of hydrogen-bond acceptors (Lipinski definition) is 5. The maximum absolute atomic E-state index is 14.2. The van der Waals surface area contributed by atoms with Gasteiger partial charge in [0.05, 0.1) is 18.2 Å². The third kappa shape index (κ3) is 5.74. The number of carboxylic acid groups (broad SMARTS) is 1. The Hall–Kier alpha value is -2.73. The Kier molecular flexibility index (Phi) is 8.02. The van der Waals surface area contributed by atoms with Gasteiger partial charge in [-0.05, 0) is 30.9 Å². The van der Waals surface area contributed by atoms with Crippen molar-refractivity contribution in [2.24, 2.45) is 5.92 Å². The van der Waals surface area contributed by atoms with Gasteiger partial charge in [-0.15, -0.1) is 0 Å². The fourth-order valence-corrected chi connectivity index (χ4v) is 4.94. The second kappa shape index (κ2) is 10.7. The van der Waals surface area contributed by atoms with Crippen molar-refractivity contribution in [3.05, 3.63) is 34.9 Å². The molecular formula is C23H29F2N3O4. The summed E-state index contributed by atoms with van der Waals surface area (Å²) in [6.45, 7) is 2.54. The Labute approximate surface area is 186 Å². The minimum Gasteiger partial charge on any atom is -0.483 e. The number of ether oxygens (including phenoxy) is 1. The van der Waals surface area contributed by atoms with Gasteiger partial charge in [-0.2, -0.15) is 5.26 Å². The highest BCUT2D eigenvalue weighted by molar-refractivity contribution is 5.70. The molecule has 0 bridgehead atoms. The largest absolute Gasteiger partial charge is 0.483 e. The van der Waals surface area contributed by atoms with Crippen molar-refractivity contribution in [1.29, 1.82) is 5.26 Å². The van der Waals surface area contributed by atoms with Crippen LogP contribution in [0.2, 0.25) is 0 Å². The first kappa shape index (κ1) is 23.9. The van der Waals surface area contributed by atoms with Crippen molar-refractivity contribution < 1.29 is 28.2 Å². The van der Waals surface area contributed by atoms with Crippen LogP contribution in [-0.2, 0) is 16.1 Å². The van der Waals surface area contributed by atoms with Gasteiger partial charge in [-0.25, -0.2) is 13.6 Å². The molecule has 0 atom stereocenters. The van der Waals surface area contributed by atoms with E-state index in [1.807, 2.05) is 9.80 Å². The van der Waals surface area contributed by atoms with Gasteiger partial charge in [0.15, 0.2) is 0 Å². The summed E-state index contributed by atoms with van der Waals surface area (Å²) in [4.78, 5) is 24.6. The fourth-order valence-electron chi connectivity index (χ4n) is 4.94. The number of piperidine rings is 1. The van der Waals surface area contributed by atoms with Crippen LogP contribution in [0.15, 0.2) is 12.1 Å². The molecule has 7 nitrogen and oxygen atoms in total. The molecular weight excluding hydrogens is 420 g/mol. The number of benzene rings is 1. The van der Waals surface area contributed by atoms with Crippen LogP contribution in [0.1, 0.15) is 56.1 Å². The number of likely N-dealkylation sites (tertiary alicyclic amines) is 1. The predicted octanol–water partition coefficient (Wildman–Crippen LogP) is 3.90. The fraction of sp³-hybridized carbons (Fsp3) is 0.609. The van der Waals surface area contributed by atoms with Gasteiger partial charge in [0, 0.05) is 44.6 Å². The molecule has 2 aliphatic heterocycles. The summed E-state index contributed by atoms with van der Waals surface area (Å²) < 4.78 is 34.2. The van der Waals surface area contributed by atoms with E-state index < -0.39 is 17.2 Å². The van der Waals surface area contributed by atoms with Crippen LogP contribution in [-0.4, -0.2) is 59.3 Å². The first-order valence-electron chi connectivity index (χ1n) is 11.1. The molecule has 9 heteroatoms. The molecule has 1 aromatic carbocycles. The van der Waals surface area contributed by atoms with Crippen molar-refractivity contribution in [1.82, 2.24) is 9.80 Å². The molecule has 3 fully saturated rings. The monoisotopic (exact) mass is 449 g/mol. The van der Waals surface area contributed by atoms with E-state index >= 15 is 0 Å². The quantitative estimate of drug-likeness (QED) is 0.701. The Balaban J connectivity index is 0.000000913. The van der Waals surface area contributed by atoms with Crippen LogP contribution in [0.3, 0.4) is 0 Å². The second-order valence-electron chi connectivity index (χ2n) is 8.85. The van der Waals surface area contributed by atoms with Gasteiger partial charge >= 0.3 is 6.09 Å². The first-order valence-corrected chi connectivity index (χ1v) is 11.1. The summed E-state index contributed by atoms with van der Waals surface area (Å²) in [7, 11) is 0. The number of amides is 1. The molecule has 2 saturated heterocycles. The summed E-state index contributed by atoms with van der Waals surface area (Å²) in [6.07, 6.45) is 7.28. The normalized spacial score (nSPS) is 20.9. The van der Waals surface area contributed by atoms with E-state index in [4.69, 9.17) is 19.9 Å². The van der Waals surface area contributed by atoms with Gasteiger partial charge in [0.2, 0.25) is 0 Å². The van der Waals surface area contributed by atoms with E-state index in [0.29, 0.717) is 38.4 Å². The number of rotatable bonds is 4. The SMILES string of the molecule is N#Cc1cc(F)c(CN2CCC3(CC2)CN(CC2CCCCC2)C(=O)O3)c(F)c1.O=CO. The van der Waals surface area contributed by atoms with Crippen molar-refractivity contribution in [2.45, 2.75) is 57.1 Å². The topological polar surface area (TPSA) is 93.9 Å². The van der Waals surface area contributed by atoms with Crippen LogP contribution < -0.4 is 0 Å². The van der Waals surface area contributed by atoms with Crippen molar-refractivity contribution >= 4 is 12.6 Å². The first-order chi connectivity index (χ1) is 15.4. The molecule has 1 aliphatic carbocycles. The number of halogens is 2. The lowest BCUT2D eigenvalue weighted by Gasteiger charge is -2.37. The highest BCUT2D eigenvalue weighted by Crippen LogP contribution is 2.35. The molecule has 174 valence electrons. The molecule has 0 aromatic heterocycles. The lowest BCUT2D eigenvalue weighted by molar-refractivity contribution is -0.122. The van der Waals surface area contributed by atoms with E-state index in [-0.39, 0.29) is 30.2 Å². The Bertz CT molecular complexity index is 836. The molecule has 3 aliphatic rings. The molecule has 4 rings (SSSR count). The zero-order valence-electron chi connectivity index (χ0n) is 18.1. The number of hydrogen-bond donors (Lipinski definition) is 1. The molecule has 1 aromatic rings. The maximum Gasteiger partial charge on any atom is 0.410 e.